The Morgan fingerprint density at radius 2 is 1.38 bits per heavy atom. The van der Waals surface area contributed by atoms with Gasteiger partial charge in [0.05, 0.1) is 6.54 Å². The Hall–Kier alpha value is -3.96. The van der Waals surface area contributed by atoms with Gasteiger partial charge in [0.25, 0.3) is 0 Å². The largest absolute Gasteiger partial charge is 0.345 e. The van der Waals surface area contributed by atoms with Crippen molar-refractivity contribution in [1.82, 2.24) is 31.5 Å². The lowest BCUT2D eigenvalue weighted by molar-refractivity contribution is -0.144. The van der Waals surface area contributed by atoms with Gasteiger partial charge in [-0.05, 0) is 59.9 Å². The van der Waals surface area contributed by atoms with Crippen molar-refractivity contribution < 1.29 is 28.8 Å². The first-order valence-electron chi connectivity index (χ1n) is 13.4. The van der Waals surface area contributed by atoms with E-state index in [0.29, 0.717) is 19.4 Å². The van der Waals surface area contributed by atoms with Crippen molar-refractivity contribution in [2.24, 2.45) is 0 Å². The van der Waals surface area contributed by atoms with E-state index in [-0.39, 0.29) is 6.42 Å². The molecule has 0 unspecified atom stereocenters. The van der Waals surface area contributed by atoms with Crippen LogP contribution in [-0.4, -0.2) is 82.1 Å². The molecule has 218 valence electrons. The Kier molecular flexibility index (Phi) is 8.90. The Balaban J connectivity index is 1.99. The molecule has 12 heteroatoms. The molecule has 5 N–H and O–H groups in total. The minimum Gasteiger partial charge on any atom is -0.345 e. The first kappa shape index (κ1) is 30.6. The van der Waals surface area contributed by atoms with Crippen molar-refractivity contribution in [3.8, 4) is 0 Å². The zero-order chi connectivity index (χ0) is 29.9. The molecule has 0 radical (unpaired) electrons. The molecule has 0 aliphatic carbocycles. The normalized spacial score (nSPS) is 25.8. The third-order valence-electron chi connectivity index (χ3n) is 7.15. The fourth-order valence-electron chi connectivity index (χ4n) is 4.67. The smallest absolute Gasteiger partial charge is 0.246 e. The van der Waals surface area contributed by atoms with Gasteiger partial charge in [0, 0.05) is 13.0 Å². The van der Waals surface area contributed by atoms with E-state index in [1.54, 1.807) is 0 Å². The van der Waals surface area contributed by atoms with Gasteiger partial charge < -0.3 is 31.5 Å². The second-order valence-electron chi connectivity index (χ2n) is 12.0. The molecule has 3 rings (SSSR count). The van der Waals surface area contributed by atoms with Gasteiger partial charge in [-0.2, -0.15) is 0 Å². The Bertz CT molecular complexity index is 1180. The Morgan fingerprint density at radius 3 is 2.02 bits per heavy atom. The monoisotopic (exact) mass is 556 g/mol. The summed E-state index contributed by atoms with van der Waals surface area (Å²) in [7, 11) is 0. The molecule has 1 aromatic rings. The van der Waals surface area contributed by atoms with Crippen LogP contribution in [0.3, 0.4) is 0 Å². The summed E-state index contributed by atoms with van der Waals surface area (Å²) >= 11 is 0. The molecule has 0 bridgehead atoms. The average molecular weight is 557 g/mol. The van der Waals surface area contributed by atoms with Crippen LogP contribution in [0.1, 0.15) is 59.9 Å². The Labute approximate surface area is 234 Å². The third-order valence-corrected chi connectivity index (χ3v) is 7.15. The summed E-state index contributed by atoms with van der Waals surface area (Å²) in [5.74, 6) is -3.42. The molecular weight excluding hydrogens is 516 g/mol. The summed E-state index contributed by atoms with van der Waals surface area (Å²) in [4.78, 5) is 80.6. The van der Waals surface area contributed by atoms with E-state index in [1.807, 2.05) is 30.3 Å². The summed E-state index contributed by atoms with van der Waals surface area (Å²) in [5.41, 5.74) is -3.49. The highest BCUT2D eigenvalue weighted by Crippen LogP contribution is 2.21. The van der Waals surface area contributed by atoms with Gasteiger partial charge in [-0.3, -0.25) is 28.8 Å². The minimum absolute atomic E-state index is 0.162. The number of amides is 6. The zero-order valence-corrected chi connectivity index (χ0v) is 24.0. The lowest BCUT2D eigenvalue weighted by Gasteiger charge is -2.35. The molecule has 2 aliphatic rings. The van der Waals surface area contributed by atoms with Gasteiger partial charge in [0.1, 0.15) is 28.7 Å². The second kappa shape index (κ2) is 11.6. The average Bonchev–Trinajstić information content (AvgIpc) is 3.36. The second-order valence-corrected chi connectivity index (χ2v) is 12.0. The van der Waals surface area contributed by atoms with E-state index in [4.69, 9.17) is 0 Å². The molecule has 2 heterocycles. The lowest BCUT2D eigenvalue weighted by atomic mass is 9.97. The predicted octanol–water partition coefficient (Wildman–Crippen LogP) is -0.481. The van der Waals surface area contributed by atoms with Crippen molar-refractivity contribution in [1.29, 1.82) is 0 Å². The minimum atomic E-state index is -1.46. The van der Waals surface area contributed by atoms with Crippen LogP contribution in [0.15, 0.2) is 30.3 Å². The molecule has 0 saturated carbocycles. The molecule has 2 aliphatic heterocycles. The number of rotatable bonds is 2. The van der Waals surface area contributed by atoms with Crippen molar-refractivity contribution in [2.45, 2.75) is 89.5 Å². The fourth-order valence-corrected chi connectivity index (χ4v) is 4.67. The van der Waals surface area contributed by atoms with Crippen molar-refractivity contribution >= 4 is 35.4 Å². The predicted molar refractivity (Wildman–Crippen MR) is 146 cm³/mol. The molecule has 1 aromatic carbocycles. The lowest BCUT2D eigenvalue weighted by Crippen LogP contribution is -2.66. The SMILES string of the molecule is CC1(C)NC(=O)CNC(=O)C(C)(C)NC(=O)[C@@H]2CCCN2C(=O)[C@H](Cc2ccccc2)NC(=O)C(C)(C)NC1=O. The van der Waals surface area contributed by atoms with Gasteiger partial charge >= 0.3 is 0 Å². The quantitative estimate of drug-likeness (QED) is 0.330. The van der Waals surface area contributed by atoms with Crippen LogP contribution >= 0.6 is 0 Å². The molecule has 40 heavy (non-hydrogen) atoms. The number of carbonyl (C=O) groups is 6. The molecular formula is C28H40N6O6. The van der Waals surface area contributed by atoms with E-state index in [0.717, 1.165) is 5.56 Å². The molecule has 6 amide bonds. The van der Waals surface area contributed by atoms with E-state index in [2.05, 4.69) is 26.6 Å². The van der Waals surface area contributed by atoms with E-state index in [1.165, 1.54) is 46.4 Å². The van der Waals surface area contributed by atoms with Crippen LogP contribution in [0.2, 0.25) is 0 Å². The molecule has 0 aromatic heterocycles. The van der Waals surface area contributed by atoms with Gasteiger partial charge in [0.2, 0.25) is 35.4 Å². The van der Waals surface area contributed by atoms with Crippen molar-refractivity contribution in [2.75, 3.05) is 13.1 Å². The van der Waals surface area contributed by atoms with Gasteiger partial charge in [-0.25, -0.2) is 0 Å². The van der Waals surface area contributed by atoms with E-state index >= 15 is 0 Å². The standard InChI is InChI=1S/C28H40N6O6/c1-26(2)23(38)29-16-20(35)31-28(5,6)25(40)33-27(3,4)24(39)30-18(15-17-11-8-7-9-12-17)22(37)34-14-10-13-19(34)21(36)32-26/h7-9,11-12,18-19H,10,13-16H2,1-6H3,(H,29,38)(H,30,39)(H,31,35)(H,32,36)(H,33,40)/t18-,19-/m0/s1. The molecule has 0 spiro atoms. The first-order chi connectivity index (χ1) is 18.5. The molecule has 2 atom stereocenters. The third kappa shape index (κ3) is 7.16. The number of hydrogen-bond acceptors (Lipinski definition) is 6. The van der Waals surface area contributed by atoms with Crippen LogP contribution in [0.25, 0.3) is 0 Å². The topological polar surface area (TPSA) is 166 Å². The highest BCUT2D eigenvalue weighted by Gasteiger charge is 2.43. The van der Waals surface area contributed by atoms with Crippen LogP contribution < -0.4 is 26.6 Å². The highest BCUT2D eigenvalue weighted by molar-refractivity contribution is 6.00. The van der Waals surface area contributed by atoms with Gasteiger partial charge in [-0.15, -0.1) is 0 Å². The zero-order valence-electron chi connectivity index (χ0n) is 24.0. The van der Waals surface area contributed by atoms with E-state index < -0.39 is 70.7 Å². The summed E-state index contributed by atoms with van der Waals surface area (Å²) in [6.07, 6.45) is 1.12. The number of carbonyl (C=O) groups excluding carboxylic acids is 6. The highest BCUT2D eigenvalue weighted by atomic mass is 16.2. The molecule has 2 saturated heterocycles. The summed E-state index contributed by atoms with van der Waals surface area (Å²) < 4.78 is 0. The van der Waals surface area contributed by atoms with Crippen molar-refractivity contribution in [3.63, 3.8) is 0 Å². The summed E-state index contributed by atoms with van der Waals surface area (Å²) in [6, 6.07) is 7.28. The van der Waals surface area contributed by atoms with Gasteiger partial charge in [0.15, 0.2) is 0 Å². The fraction of sp³-hybridized carbons (Fsp3) is 0.571. The van der Waals surface area contributed by atoms with Crippen LogP contribution in [0, 0.1) is 0 Å². The number of benzene rings is 1. The first-order valence-corrected chi connectivity index (χ1v) is 13.4. The van der Waals surface area contributed by atoms with Crippen LogP contribution in [0.4, 0.5) is 0 Å². The number of hydrogen-bond donors (Lipinski definition) is 5. The maximum absolute atomic E-state index is 13.9. The van der Waals surface area contributed by atoms with E-state index in [9.17, 15) is 28.8 Å². The maximum Gasteiger partial charge on any atom is 0.246 e. The number of nitrogens with one attached hydrogen (secondary N) is 5. The number of fused-ring (bicyclic) bond motifs is 1. The maximum atomic E-state index is 13.9. The van der Waals surface area contributed by atoms with Crippen molar-refractivity contribution in [3.05, 3.63) is 35.9 Å². The summed E-state index contributed by atoms with van der Waals surface area (Å²) in [5, 5.41) is 13.2. The summed E-state index contributed by atoms with van der Waals surface area (Å²) in [6.45, 7) is 8.78. The molecule has 12 nitrogen and oxygen atoms in total. The van der Waals surface area contributed by atoms with Crippen LogP contribution in [0.5, 0.6) is 0 Å². The number of nitrogens with zero attached hydrogens (tertiary/aromatic N) is 1. The molecule has 2 fully saturated rings. The van der Waals surface area contributed by atoms with Crippen LogP contribution in [-0.2, 0) is 35.2 Å². The van der Waals surface area contributed by atoms with Gasteiger partial charge in [-0.1, -0.05) is 30.3 Å². The Morgan fingerprint density at radius 1 is 0.775 bits per heavy atom.